The number of hydrogen-bond donors (Lipinski definition) is 1. The number of nitrogens with zero attached hydrogens (tertiary/aromatic N) is 2. The molecular weight excluding hydrogens is 234 g/mol. The molecule has 1 aliphatic rings. The molecule has 0 spiro atoms. The van der Waals surface area contributed by atoms with Gasteiger partial charge in [-0.1, -0.05) is 25.1 Å². The minimum Gasteiger partial charge on any atom is -0.365 e. The largest absolute Gasteiger partial charge is 0.365 e. The molecule has 106 valence electrons. The van der Waals surface area contributed by atoms with Crippen LogP contribution in [0, 0.1) is 19.8 Å². The minimum absolute atomic E-state index is 0.412. The molecule has 1 heterocycles. The third-order valence-corrected chi connectivity index (χ3v) is 4.09. The third-order valence-electron chi connectivity index (χ3n) is 4.09. The van der Waals surface area contributed by atoms with Gasteiger partial charge in [-0.2, -0.15) is 0 Å². The average Bonchev–Trinajstić information content (AvgIpc) is 2.47. The lowest BCUT2D eigenvalue weighted by molar-refractivity contribution is 0.304. The first-order chi connectivity index (χ1) is 9.02. The first kappa shape index (κ1) is 14.4. The highest BCUT2D eigenvalue weighted by Crippen LogP contribution is 2.28. The van der Waals surface area contributed by atoms with Gasteiger partial charge in [-0.25, -0.2) is 0 Å². The lowest BCUT2D eigenvalue weighted by atomic mass is 10.0. The fraction of sp³-hybridized carbons (Fsp3) is 0.625. The summed E-state index contributed by atoms with van der Waals surface area (Å²) in [4.78, 5) is 4.95. The van der Waals surface area contributed by atoms with Gasteiger partial charge in [-0.15, -0.1) is 0 Å². The van der Waals surface area contributed by atoms with E-state index >= 15 is 0 Å². The van der Waals surface area contributed by atoms with E-state index in [2.05, 4.69) is 55.8 Å². The molecule has 0 aromatic heterocycles. The van der Waals surface area contributed by atoms with Gasteiger partial charge in [0.05, 0.1) is 6.04 Å². The molecule has 1 fully saturated rings. The summed E-state index contributed by atoms with van der Waals surface area (Å²) in [6, 6.07) is 6.96. The smallest absolute Gasteiger partial charge is 0.0539 e. The van der Waals surface area contributed by atoms with Crippen LogP contribution in [0.1, 0.15) is 18.1 Å². The van der Waals surface area contributed by atoms with Crippen LogP contribution in [-0.4, -0.2) is 44.2 Å². The van der Waals surface area contributed by atoms with Gasteiger partial charge < -0.3 is 15.5 Å². The summed E-state index contributed by atoms with van der Waals surface area (Å²) in [7, 11) is 2.20. The molecule has 2 atom stereocenters. The lowest BCUT2D eigenvalue weighted by Crippen LogP contribution is -2.46. The topological polar surface area (TPSA) is 32.5 Å². The van der Waals surface area contributed by atoms with E-state index in [0.717, 1.165) is 19.6 Å². The van der Waals surface area contributed by atoms with E-state index in [-0.39, 0.29) is 0 Å². The van der Waals surface area contributed by atoms with Gasteiger partial charge in [0.2, 0.25) is 0 Å². The zero-order valence-electron chi connectivity index (χ0n) is 12.7. The van der Waals surface area contributed by atoms with Crippen LogP contribution in [-0.2, 0) is 0 Å². The van der Waals surface area contributed by atoms with Gasteiger partial charge in [0.15, 0.2) is 0 Å². The Morgan fingerprint density at radius 3 is 2.37 bits per heavy atom. The van der Waals surface area contributed by atoms with Crippen molar-refractivity contribution in [1.82, 2.24) is 4.90 Å². The Balaban J connectivity index is 2.38. The zero-order valence-corrected chi connectivity index (χ0v) is 12.7. The minimum atomic E-state index is 0.412. The summed E-state index contributed by atoms with van der Waals surface area (Å²) in [6.45, 7) is 10.7. The monoisotopic (exact) mass is 261 g/mol. The second-order valence-electron chi connectivity index (χ2n) is 6.11. The predicted molar refractivity (Wildman–Crippen MR) is 82.8 cm³/mol. The number of nitrogens with two attached hydrogens (primary N) is 1. The Kier molecular flexibility index (Phi) is 4.48. The van der Waals surface area contributed by atoms with Crippen molar-refractivity contribution >= 4 is 5.69 Å². The first-order valence-electron chi connectivity index (χ1n) is 7.24. The summed E-state index contributed by atoms with van der Waals surface area (Å²) in [5, 5.41) is 0. The van der Waals surface area contributed by atoms with Crippen LogP contribution in [0.5, 0.6) is 0 Å². The maximum Gasteiger partial charge on any atom is 0.0539 e. The van der Waals surface area contributed by atoms with E-state index in [1.54, 1.807) is 0 Å². The van der Waals surface area contributed by atoms with Crippen molar-refractivity contribution in [3.8, 4) is 0 Å². The molecule has 0 aliphatic carbocycles. The summed E-state index contributed by atoms with van der Waals surface area (Å²) in [5.74, 6) is 0.667. The quantitative estimate of drug-likeness (QED) is 0.884. The molecule has 1 aliphatic heterocycles. The molecule has 19 heavy (non-hydrogen) atoms. The Bertz CT molecular complexity index is 410. The van der Waals surface area contributed by atoms with Gasteiger partial charge in [0.1, 0.15) is 0 Å². The lowest BCUT2D eigenvalue weighted by Gasteiger charge is -2.35. The summed E-state index contributed by atoms with van der Waals surface area (Å²) in [6.07, 6.45) is 0. The van der Waals surface area contributed by atoms with Crippen molar-refractivity contribution in [2.75, 3.05) is 38.1 Å². The zero-order chi connectivity index (χ0) is 14.0. The fourth-order valence-electron chi connectivity index (χ4n) is 3.34. The number of benzene rings is 1. The van der Waals surface area contributed by atoms with Gasteiger partial charge in [0, 0.05) is 31.9 Å². The molecule has 2 rings (SSSR count). The molecule has 2 unspecified atom stereocenters. The summed E-state index contributed by atoms with van der Waals surface area (Å²) in [5.41, 5.74) is 10.1. The molecule has 0 radical (unpaired) electrons. The number of para-hydroxylation sites is 1. The van der Waals surface area contributed by atoms with Crippen molar-refractivity contribution in [2.24, 2.45) is 11.7 Å². The molecule has 2 N–H and O–H groups in total. The average molecular weight is 261 g/mol. The van der Waals surface area contributed by atoms with Crippen molar-refractivity contribution in [2.45, 2.75) is 26.8 Å². The van der Waals surface area contributed by atoms with E-state index in [4.69, 9.17) is 5.73 Å². The van der Waals surface area contributed by atoms with Gasteiger partial charge in [0.25, 0.3) is 0 Å². The van der Waals surface area contributed by atoms with E-state index in [1.165, 1.54) is 16.8 Å². The number of likely N-dealkylation sites (N-methyl/N-ethyl adjacent to an activating group) is 1. The fourth-order valence-corrected chi connectivity index (χ4v) is 3.34. The van der Waals surface area contributed by atoms with Gasteiger partial charge in [-0.3, -0.25) is 0 Å². The van der Waals surface area contributed by atoms with Crippen LogP contribution in [0.15, 0.2) is 18.2 Å². The highest BCUT2D eigenvalue weighted by atomic mass is 15.2. The number of aryl methyl sites for hydroxylation is 2. The standard InChI is InChI=1S/C16H27N3/c1-12-9-18(4)11-15(8-17)19(10-12)16-13(2)6-5-7-14(16)3/h5-7,12,15H,8-11,17H2,1-4H3. The SMILES string of the molecule is Cc1cccc(C)c1N1CC(C)CN(C)CC1CN. The third kappa shape index (κ3) is 3.10. The van der Waals surface area contributed by atoms with E-state index in [1.807, 2.05) is 0 Å². The summed E-state index contributed by atoms with van der Waals surface area (Å²) < 4.78 is 0. The van der Waals surface area contributed by atoms with Crippen molar-refractivity contribution in [3.63, 3.8) is 0 Å². The number of hydrogen-bond acceptors (Lipinski definition) is 3. The first-order valence-corrected chi connectivity index (χ1v) is 7.24. The van der Waals surface area contributed by atoms with E-state index < -0.39 is 0 Å². The second kappa shape index (κ2) is 5.93. The summed E-state index contributed by atoms with van der Waals surface area (Å²) >= 11 is 0. The predicted octanol–water partition coefficient (Wildman–Crippen LogP) is 2.02. The maximum absolute atomic E-state index is 6.04. The Morgan fingerprint density at radius 1 is 1.16 bits per heavy atom. The van der Waals surface area contributed by atoms with Crippen LogP contribution in [0.25, 0.3) is 0 Å². The van der Waals surface area contributed by atoms with E-state index in [9.17, 15) is 0 Å². The van der Waals surface area contributed by atoms with Crippen molar-refractivity contribution in [1.29, 1.82) is 0 Å². The molecule has 0 saturated carbocycles. The molecule has 1 aromatic carbocycles. The molecule has 3 heteroatoms. The highest BCUT2D eigenvalue weighted by Gasteiger charge is 2.27. The van der Waals surface area contributed by atoms with Crippen molar-refractivity contribution in [3.05, 3.63) is 29.3 Å². The molecule has 1 saturated heterocycles. The molecular formula is C16H27N3. The Hall–Kier alpha value is -1.06. The number of rotatable bonds is 2. The molecule has 0 amide bonds. The van der Waals surface area contributed by atoms with Crippen LogP contribution in [0.4, 0.5) is 5.69 Å². The normalized spacial score (nSPS) is 25.4. The Morgan fingerprint density at radius 2 is 1.79 bits per heavy atom. The van der Waals surface area contributed by atoms with Crippen molar-refractivity contribution < 1.29 is 0 Å². The van der Waals surface area contributed by atoms with Crippen LogP contribution in [0.2, 0.25) is 0 Å². The molecule has 3 nitrogen and oxygen atoms in total. The van der Waals surface area contributed by atoms with Crippen LogP contribution >= 0.6 is 0 Å². The van der Waals surface area contributed by atoms with Gasteiger partial charge in [-0.05, 0) is 37.9 Å². The molecule has 1 aromatic rings. The number of anilines is 1. The molecule has 0 bridgehead atoms. The van der Waals surface area contributed by atoms with Crippen LogP contribution in [0.3, 0.4) is 0 Å². The highest BCUT2D eigenvalue weighted by molar-refractivity contribution is 5.59. The Labute approximate surface area is 117 Å². The second-order valence-corrected chi connectivity index (χ2v) is 6.11. The van der Waals surface area contributed by atoms with Crippen LogP contribution < -0.4 is 10.6 Å². The van der Waals surface area contributed by atoms with E-state index in [0.29, 0.717) is 18.5 Å². The maximum atomic E-state index is 6.04. The van der Waals surface area contributed by atoms with Gasteiger partial charge >= 0.3 is 0 Å².